The molecule has 0 aromatic heterocycles. The Morgan fingerprint density at radius 3 is 2.28 bits per heavy atom. The second kappa shape index (κ2) is 5.17. The smallest absolute Gasteiger partial charge is 0.132 e. The molecule has 0 aliphatic carbocycles. The maximum Gasteiger partial charge on any atom is 0.132 e. The van der Waals surface area contributed by atoms with Gasteiger partial charge in [0.05, 0.1) is 0 Å². The van der Waals surface area contributed by atoms with Crippen LogP contribution in [0.15, 0.2) is 36.4 Å². The van der Waals surface area contributed by atoms with Crippen LogP contribution < -0.4 is 4.74 Å². The summed E-state index contributed by atoms with van der Waals surface area (Å²) in [6, 6.07) is 9.30. The summed E-state index contributed by atoms with van der Waals surface area (Å²) in [4.78, 5) is 0. The van der Waals surface area contributed by atoms with Gasteiger partial charge in [-0.25, -0.2) is 8.78 Å². The molecular weight excluding hydrogens is 234 g/mol. The zero-order valence-corrected chi connectivity index (χ0v) is 10.3. The topological polar surface area (TPSA) is 9.23 Å². The highest BCUT2D eigenvalue weighted by molar-refractivity contribution is 5.39. The predicted octanol–water partition coefficient (Wildman–Crippen LogP) is 4.16. The highest BCUT2D eigenvalue weighted by atomic mass is 19.1. The van der Waals surface area contributed by atoms with Gasteiger partial charge in [0.1, 0.15) is 24.0 Å². The van der Waals surface area contributed by atoms with Gasteiger partial charge in [0, 0.05) is 11.6 Å². The third-order valence-electron chi connectivity index (χ3n) is 2.80. The van der Waals surface area contributed by atoms with Gasteiger partial charge in [-0.3, -0.25) is 0 Å². The Morgan fingerprint density at radius 1 is 1.00 bits per heavy atom. The van der Waals surface area contributed by atoms with Crippen molar-refractivity contribution in [2.75, 3.05) is 0 Å². The largest absolute Gasteiger partial charge is 0.488 e. The maximum absolute atomic E-state index is 13.4. The van der Waals surface area contributed by atoms with E-state index in [-0.39, 0.29) is 6.61 Å². The summed E-state index contributed by atoms with van der Waals surface area (Å²) in [6.07, 6.45) is 0. The van der Waals surface area contributed by atoms with E-state index in [0.29, 0.717) is 5.56 Å². The number of hydrogen-bond acceptors (Lipinski definition) is 1. The standard InChI is InChI=1S/C15H14F2O/c1-10-4-3-5-11(2)15(10)18-9-12-6-7-13(16)8-14(12)17/h3-8H,9H2,1-2H3. The first kappa shape index (κ1) is 12.6. The summed E-state index contributed by atoms with van der Waals surface area (Å²) >= 11 is 0. The van der Waals surface area contributed by atoms with Gasteiger partial charge in [0.15, 0.2) is 0 Å². The molecule has 18 heavy (non-hydrogen) atoms. The van der Waals surface area contributed by atoms with Crippen molar-refractivity contribution in [2.24, 2.45) is 0 Å². The van der Waals surface area contributed by atoms with Gasteiger partial charge in [0.25, 0.3) is 0 Å². The van der Waals surface area contributed by atoms with E-state index in [1.165, 1.54) is 12.1 Å². The van der Waals surface area contributed by atoms with Crippen molar-refractivity contribution in [3.63, 3.8) is 0 Å². The Morgan fingerprint density at radius 2 is 1.67 bits per heavy atom. The van der Waals surface area contributed by atoms with Crippen LogP contribution >= 0.6 is 0 Å². The van der Waals surface area contributed by atoms with Gasteiger partial charge in [-0.05, 0) is 37.1 Å². The van der Waals surface area contributed by atoms with Crippen LogP contribution in [0.3, 0.4) is 0 Å². The molecule has 0 amide bonds. The highest BCUT2D eigenvalue weighted by Gasteiger charge is 2.07. The van der Waals surface area contributed by atoms with Crippen molar-refractivity contribution in [1.82, 2.24) is 0 Å². The molecule has 0 spiro atoms. The minimum atomic E-state index is -0.582. The fourth-order valence-electron chi connectivity index (χ4n) is 1.82. The van der Waals surface area contributed by atoms with Crippen LogP contribution in [0.25, 0.3) is 0 Å². The van der Waals surface area contributed by atoms with Crippen LogP contribution in [-0.2, 0) is 6.61 Å². The number of aryl methyl sites for hydroxylation is 2. The summed E-state index contributed by atoms with van der Waals surface area (Å²) in [7, 11) is 0. The molecule has 0 saturated heterocycles. The average molecular weight is 248 g/mol. The summed E-state index contributed by atoms with van der Waals surface area (Å²) in [5, 5.41) is 0. The van der Waals surface area contributed by atoms with Gasteiger partial charge < -0.3 is 4.74 Å². The SMILES string of the molecule is Cc1cccc(C)c1OCc1ccc(F)cc1F. The van der Waals surface area contributed by atoms with Crippen molar-refractivity contribution < 1.29 is 13.5 Å². The molecule has 0 heterocycles. The van der Waals surface area contributed by atoms with Crippen molar-refractivity contribution in [3.8, 4) is 5.75 Å². The molecule has 0 N–H and O–H groups in total. The normalized spacial score (nSPS) is 10.4. The molecule has 2 rings (SSSR count). The number of para-hydroxylation sites is 1. The summed E-state index contributed by atoms with van der Waals surface area (Å²) < 4.78 is 31.8. The molecule has 2 aromatic carbocycles. The minimum Gasteiger partial charge on any atom is -0.488 e. The first-order chi connectivity index (χ1) is 8.58. The van der Waals surface area contributed by atoms with Crippen LogP contribution in [0.2, 0.25) is 0 Å². The molecule has 0 radical (unpaired) electrons. The van der Waals surface area contributed by atoms with E-state index in [2.05, 4.69) is 0 Å². The van der Waals surface area contributed by atoms with Crippen molar-refractivity contribution in [1.29, 1.82) is 0 Å². The number of rotatable bonds is 3. The lowest BCUT2D eigenvalue weighted by Crippen LogP contribution is -2.01. The van der Waals surface area contributed by atoms with Gasteiger partial charge >= 0.3 is 0 Å². The lowest BCUT2D eigenvalue weighted by Gasteiger charge is -2.12. The Balaban J connectivity index is 2.16. The van der Waals surface area contributed by atoms with Gasteiger partial charge in [0.2, 0.25) is 0 Å². The van der Waals surface area contributed by atoms with Crippen molar-refractivity contribution in [2.45, 2.75) is 20.5 Å². The first-order valence-electron chi connectivity index (χ1n) is 5.71. The lowest BCUT2D eigenvalue weighted by molar-refractivity contribution is 0.295. The van der Waals surface area contributed by atoms with Crippen LogP contribution in [0.1, 0.15) is 16.7 Å². The number of benzene rings is 2. The van der Waals surface area contributed by atoms with Gasteiger partial charge in [-0.15, -0.1) is 0 Å². The van der Waals surface area contributed by atoms with E-state index in [0.717, 1.165) is 22.9 Å². The van der Waals surface area contributed by atoms with E-state index in [1.807, 2.05) is 32.0 Å². The van der Waals surface area contributed by atoms with Gasteiger partial charge in [-0.2, -0.15) is 0 Å². The highest BCUT2D eigenvalue weighted by Crippen LogP contribution is 2.23. The van der Waals surface area contributed by atoms with E-state index in [9.17, 15) is 8.78 Å². The number of ether oxygens (including phenoxy) is 1. The molecule has 0 aliphatic heterocycles. The van der Waals surface area contributed by atoms with Crippen LogP contribution in [-0.4, -0.2) is 0 Å². The fourth-order valence-corrected chi connectivity index (χ4v) is 1.82. The Kier molecular flexibility index (Phi) is 3.60. The molecule has 0 saturated carbocycles. The average Bonchev–Trinajstić information content (AvgIpc) is 2.31. The summed E-state index contributed by atoms with van der Waals surface area (Å²) in [5.41, 5.74) is 2.34. The minimum absolute atomic E-state index is 0.0950. The second-order valence-electron chi connectivity index (χ2n) is 4.25. The van der Waals surface area contributed by atoms with Crippen molar-refractivity contribution >= 4 is 0 Å². The van der Waals surface area contributed by atoms with E-state index >= 15 is 0 Å². The zero-order valence-electron chi connectivity index (χ0n) is 10.3. The molecule has 1 nitrogen and oxygen atoms in total. The molecule has 0 fully saturated rings. The van der Waals surface area contributed by atoms with Gasteiger partial charge in [-0.1, -0.05) is 18.2 Å². The fraction of sp³-hybridized carbons (Fsp3) is 0.200. The van der Waals surface area contributed by atoms with E-state index in [4.69, 9.17) is 4.74 Å². The number of hydrogen-bond donors (Lipinski definition) is 0. The summed E-state index contributed by atoms with van der Waals surface area (Å²) in [6.45, 7) is 3.96. The Bertz CT molecular complexity index is 544. The van der Waals surface area contributed by atoms with Crippen LogP contribution in [0.4, 0.5) is 8.78 Å². The number of halogens is 2. The zero-order chi connectivity index (χ0) is 13.1. The molecule has 94 valence electrons. The quantitative estimate of drug-likeness (QED) is 0.792. The van der Waals surface area contributed by atoms with Crippen LogP contribution in [0.5, 0.6) is 5.75 Å². The Hall–Kier alpha value is -1.90. The Labute approximate surface area is 105 Å². The molecule has 0 aliphatic rings. The van der Waals surface area contributed by atoms with E-state index in [1.54, 1.807) is 0 Å². The molecule has 3 heteroatoms. The molecule has 2 aromatic rings. The van der Waals surface area contributed by atoms with E-state index < -0.39 is 11.6 Å². The molecule has 0 bridgehead atoms. The second-order valence-corrected chi connectivity index (χ2v) is 4.25. The molecule has 0 unspecified atom stereocenters. The third kappa shape index (κ3) is 2.67. The monoisotopic (exact) mass is 248 g/mol. The summed E-state index contributed by atoms with van der Waals surface area (Å²) in [5.74, 6) is -0.411. The van der Waals surface area contributed by atoms with Crippen LogP contribution in [0, 0.1) is 25.5 Å². The molecular formula is C15H14F2O. The predicted molar refractivity (Wildman–Crippen MR) is 66.6 cm³/mol. The maximum atomic E-state index is 13.4. The first-order valence-corrected chi connectivity index (χ1v) is 5.71. The lowest BCUT2D eigenvalue weighted by atomic mass is 10.1. The molecule has 0 atom stereocenters. The van der Waals surface area contributed by atoms with Crippen molar-refractivity contribution in [3.05, 3.63) is 64.7 Å². The third-order valence-corrected chi connectivity index (χ3v) is 2.80.